The molecule has 0 aromatic carbocycles. The molecule has 0 amide bonds. The molecule has 1 unspecified atom stereocenters. The van der Waals surface area contributed by atoms with Gasteiger partial charge in [-0.15, -0.1) is 0 Å². The van der Waals surface area contributed by atoms with Crippen molar-refractivity contribution < 1.29 is 0 Å². The summed E-state index contributed by atoms with van der Waals surface area (Å²) in [5, 5.41) is 0. The second kappa shape index (κ2) is 7.60. The second-order valence-electron chi connectivity index (χ2n) is 3.71. The first-order valence-corrected chi connectivity index (χ1v) is 5.26. The van der Waals surface area contributed by atoms with Crippen molar-refractivity contribution in [2.45, 2.75) is 40.0 Å². The zero-order valence-electron chi connectivity index (χ0n) is 8.97. The Morgan fingerprint density at radius 2 is 1.92 bits per heavy atom. The Bertz CT molecular complexity index is 89.0. The summed E-state index contributed by atoms with van der Waals surface area (Å²) in [5.41, 5.74) is 0. The Labute approximate surface area is 78.1 Å². The summed E-state index contributed by atoms with van der Waals surface area (Å²) in [6.45, 7) is 14.3. The van der Waals surface area contributed by atoms with E-state index in [0.717, 1.165) is 6.54 Å². The van der Waals surface area contributed by atoms with Gasteiger partial charge < -0.3 is 4.90 Å². The first kappa shape index (κ1) is 12.0. The number of rotatable bonds is 7. The van der Waals surface area contributed by atoms with Gasteiger partial charge in [0.2, 0.25) is 0 Å². The highest BCUT2D eigenvalue weighted by molar-refractivity contribution is 4.62. The minimum Gasteiger partial charge on any atom is -0.303 e. The molecule has 0 N–H and O–H groups in total. The molecule has 0 aromatic rings. The predicted octanol–water partition coefficient (Wildman–Crippen LogP) is 2.97. The summed E-state index contributed by atoms with van der Waals surface area (Å²) in [7, 11) is 0. The summed E-state index contributed by atoms with van der Waals surface area (Å²) in [5.74, 6) is 0.562. The Morgan fingerprint density at radius 3 is 2.33 bits per heavy atom. The highest BCUT2D eigenvalue weighted by Crippen LogP contribution is 2.01. The molecule has 0 heterocycles. The van der Waals surface area contributed by atoms with Gasteiger partial charge in [-0.2, -0.15) is 0 Å². The third-order valence-electron chi connectivity index (χ3n) is 2.09. The van der Waals surface area contributed by atoms with Crippen molar-refractivity contribution in [3.8, 4) is 0 Å². The van der Waals surface area contributed by atoms with Crippen LogP contribution in [0.1, 0.15) is 40.0 Å². The van der Waals surface area contributed by atoms with Gasteiger partial charge in [-0.1, -0.05) is 33.6 Å². The lowest BCUT2D eigenvalue weighted by atomic mass is 10.2. The van der Waals surface area contributed by atoms with Gasteiger partial charge in [0, 0.05) is 6.54 Å². The Morgan fingerprint density at radius 1 is 1.25 bits per heavy atom. The fraction of sp³-hybridized carbons (Fsp3) is 0.909. The van der Waals surface area contributed by atoms with E-state index in [0.29, 0.717) is 5.92 Å². The van der Waals surface area contributed by atoms with E-state index in [1.54, 1.807) is 0 Å². The average Bonchev–Trinajstić information content (AvgIpc) is 2.02. The van der Waals surface area contributed by atoms with E-state index in [9.17, 15) is 0 Å². The van der Waals surface area contributed by atoms with Gasteiger partial charge in [-0.25, -0.2) is 0 Å². The highest BCUT2D eigenvalue weighted by Gasteiger charge is 2.03. The van der Waals surface area contributed by atoms with Crippen LogP contribution >= 0.6 is 0 Å². The normalized spacial score (nSPS) is 11.5. The van der Waals surface area contributed by atoms with Crippen LogP contribution in [0.15, 0.2) is 0 Å². The van der Waals surface area contributed by atoms with E-state index in [-0.39, 0.29) is 0 Å². The van der Waals surface area contributed by atoms with Gasteiger partial charge in [-0.05, 0) is 32.4 Å². The first-order valence-electron chi connectivity index (χ1n) is 5.26. The Balaban J connectivity index is 3.39. The van der Waals surface area contributed by atoms with Crippen molar-refractivity contribution in [2.24, 2.45) is 5.92 Å². The van der Waals surface area contributed by atoms with Crippen molar-refractivity contribution >= 4 is 0 Å². The molecule has 0 rings (SSSR count). The topological polar surface area (TPSA) is 3.24 Å². The van der Waals surface area contributed by atoms with Gasteiger partial charge in [0.25, 0.3) is 0 Å². The summed E-state index contributed by atoms with van der Waals surface area (Å²) in [6.07, 6.45) is 4.02. The lowest BCUT2D eigenvalue weighted by Gasteiger charge is -2.22. The van der Waals surface area contributed by atoms with Gasteiger partial charge >= 0.3 is 0 Å². The van der Waals surface area contributed by atoms with Crippen LogP contribution in [-0.2, 0) is 0 Å². The van der Waals surface area contributed by atoms with Gasteiger partial charge in [-0.3, -0.25) is 0 Å². The van der Waals surface area contributed by atoms with E-state index in [4.69, 9.17) is 0 Å². The van der Waals surface area contributed by atoms with Crippen molar-refractivity contribution in [2.75, 3.05) is 19.6 Å². The van der Waals surface area contributed by atoms with Crippen molar-refractivity contribution in [3.05, 3.63) is 6.92 Å². The SMILES string of the molecule is [CH2]C(C)CN(CC)CCCCC. The summed E-state index contributed by atoms with van der Waals surface area (Å²) in [6, 6.07) is 0. The molecule has 1 heteroatoms. The maximum atomic E-state index is 4.01. The average molecular weight is 170 g/mol. The lowest BCUT2D eigenvalue weighted by molar-refractivity contribution is 0.260. The van der Waals surface area contributed by atoms with Crippen LogP contribution in [0.4, 0.5) is 0 Å². The molecule has 0 saturated carbocycles. The van der Waals surface area contributed by atoms with E-state index < -0.39 is 0 Å². The molecule has 0 saturated heterocycles. The highest BCUT2D eigenvalue weighted by atomic mass is 15.1. The molecule has 1 radical (unpaired) electrons. The standard InChI is InChI=1S/C11H24N/c1-5-7-8-9-12(6-2)10-11(3)4/h11H,3,5-10H2,1-2,4H3. The predicted molar refractivity (Wildman–Crippen MR) is 56.2 cm³/mol. The molecule has 0 aliphatic carbocycles. The van der Waals surface area contributed by atoms with Crippen molar-refractivity contribution in [1.82, 2.24) is 4.90 Å². The quantitative estimate of drug-likeness (QED) is 0.531. The number of nitrogens with zero attached hydrogens (tertiary/aromatic N) is 1. The van der Waals surface area contributed by atoms with E-state index in [1.807, 2.05) is 0 Å². The monoisotopic (exact) mass is 170 g/mol. The molecule has 1 atom stereocenters. The maximum Gasteiger partial charge on any atom is 0.000690 e. The van der Waals surface area contributed by atoms with Crippen molar-refractivity contribution in [3.63, 3.8) is 0 Å². The van der Waals surface area contributed by atoms with Crippen LogP contribution in [0, 0.1) is 12.8 Å². The minimum absolute atomic E-state index is 0.562. The van der Waals surface area contributed by atoms with E-state index in [1.165, 1.54) is 32.4 Å². The third-order valence-corrected chi connectivity index (χ3v) is 2.09. The number of unbranched alkanes of at least 4 members (excludes halogenated alkanes) is 2. The fourth-order valence-electron chi connectivity index (χ4n) is 1.40. The molecular weight excluding hydrogens is 146 g/mol. The summed E-state index contributed by atoms with van der Waals surface area (Å²) < 4.78 is 0. The Kier molecular flexibility index (Phi) is 7.58. The molecule has 0 aliphatic heterocycles. The van der Waals surface area contributed by atoms with E-state index in [2.05, 4.69) is 32.6 Å². The Hall–Kier alpha value is -0.0400. The smallest absolute Gasteiger partial charge is 0.000690 e. The molecule has 0 spiro atoms. The molecular formula is C11H24N. The van der Waals surface area contributed by atoms with Crippen LogP contribution < -0.4 is 0 Å². The number of hydrogen-bond donors (Lipinski definition) is 0. The van der Waals surface area contributed by atoms with Crippen LogP contribution in [0.5, 0.6) is 0 Å². The van der Waals surface area contributed by atoms with Crippen LogP contribution in [0.2, 0.25) is 0 Å². The molecule has 0 fully saturated rings. The van der Waals surface area contributed by atoms with Crippen molar-refractivity contribution in [1.29, 1.82) is 0 Å². The molecule has 0 aromatic heterocycles. The largest absolute Gasteiger partial charge is 0.303 e. The van der Waals surface area contributed by atoms with E-state index >= 15 is 0 Å². The zero-order valence-corrected chi connectivity index (χ0v) is 8.97. The zero-order chi connectivity index (χ0) is 9.40. The van der Waals surface area contributed by atoms with Crippen LogP contribution in [0.25, 0.3) is 0 Å². The van der Waals surface area contributed by atoms with Gasteiger partial charge in [0.05, 0.1) is 0 Å². The number of hydrogen-bond acceptors (Lipinski definition) is 1. The summed E-state index contributed by atoms with van der Waals surface area (Å²) in [4.78, 5) is 2.49. The van der Waals surface area contributed by atoms with Crippen LogP contribution in [-0.4, -0.2) is 24.5 Å². The van der Waals surface area contributed by atoms with Gasteiger partial charge in [0.15, 0.2) is 0 Å². The minimum atomic E-state index is 0.562. The molecule has 1 nitrogen and oxygen atoms in total. The molecule has 0 aliphatic rings. The van der Waals surface area contributed by atoms with Gasteiger partial charge in [0.1, 0.15) is 0 Å². The fourth-order valence-corrected chi connectivity index (χ4v) is 1.40. The maximum absolute atomic E-state index is 4.01. The summed E-state index contributed by atoms with van der Waals surface area (Å²) >= 11 is 0. The molecule has 12 heavy (non-hydrogen) atoms. The lowest BCUT2D eigenvalue weighted by Crippen LogP contribution is -2.28. The second-order valence-corrected chi connectivity index (χ2v) is 3.71. The molecule has 73 valence electrons. The third kappa shape index (κ3) is 6.66. The van der Waals surface area contributed by atoms with Crippen LogP contribution in [0.3, 0.4) is 0 Å². The molecule has 0 bridgehead atoms. The first-order chi connectivity index (χ1) is 5.70.